The van der Waals surface area contributed by atoms with Crippen LogP contribution in [0.4, 0.5) is 5.95 Å². The number of hydrogen-bond acceptors (Lipinski definition) is 3. The summed E-state index contributed by atoms with van der Waals surface area (Å²) in [6.07, 6.45) is 2.53. The van der Waals surface area contributed by atoms with Gasteiger partial charge in [0.05, 0.1) is 5.38 Å². The zero-order valence-corrected chi connectivity index (χ0v) is 9.88. The highest BCUT2D eigenvalue weighted by atomic mass is 35.5. The van der Waals surface area contributed by atoms with Crippen LogP contribution in [0.5, 0.6) is 0 Å². The quantitative estimate of drug-likeness (QED) is 0.801. The summed E-state index contributed by atoms with van der Waals surface area (Å²) in [6, 6.07) is 1.96. The molecule has 1 heterocycles. The Morgan fingerprint density at radius 1 is 1.40 bits per heavy atom. The van der Waals surface area contributed by atoms with E-state index >= 15 is 0 Å². The van der Waals surface area contributed by atoms with Gasteiger partial charge < -0.3 is 5.32 Å². The average molecular weight is 226 g/mol. The van der Waals surface area contributed by atoms with Gasteiger partial charge in [-0.3, -0.25) is 0 Å². The van der Waals surface area contributed by atoms with Crippen molar-refractivity contribution in [2.75, 3.05) is 11.9 Å². The normalized spacial score (nSPS) is 17.5. The van der Waals surface area contributed by atoms with Gasteiger partial charge in [0.1, 0.15) is 0 Å². The number of aromatic nitrogens is 2. The number of anilines is 1. The fourth-order valence-corrected chi connectivity index (χ4v) is 1.95. The predicted molar refractivity (Wildman–Crippen MR) is 62.4 cm³/mol. The molecule has 1 aromatic rings. The van der Waals surface area contributed by atoms with Crippen molar-refractivity contribution in [2.45, 2.75) is 32.1 Å². The molecule has 1 aliphatic rings. The number of nitrogens with zero attached hydrogens (tertiary/aromatic N) is 2. The molecule has 0 bridgehead atoms. The maximum Gasteiger partial charge on any atom is 0.223 e. The van der Waals surface area contributed by atoms with Gasteiger partial charge in [0.15, 0.2) is 0 Å². The summed E-state index contributed by atoms with van der Waals surface area (Å²) in [5.41, 5.74) is 1.98. The summed E-state index contributed by atoms with van der Waals surface area (Å²) in [5, 5.41) is 3.41. The standard InChI is InChI=1S/C11H16ClN3/c1-7-5-8(2)15-11(14-7)13-6-10(12)9-3-4-9/h5,9-10H,3-4,6H2,1-2H3,(H,13,14,15). The topological polar surface area (TPSA) is 37.8 Å². The molecule has 1 unspecified atom stereocenters. The number of halogens is 1. The molecule has 0 saturated heterocycles. The molecule has 0 aromatic carbocycles. The van der Waals surface area contributed by atoms with Crippen LogP contribution >= 0.6 is 11.6 Å². The van der Waals surface area contributed by atoms with Gasteiger partial charge in [-0.05, 0) is 38.7 Å². The third-order valence-electron chi connectivity index (χ3n) is 2.57. The summed E-state index contributed by atoms with van der Waals surface area (Å²) in [4.78, 5) is 8.61. The monoisotopic (exact) mass is 225 g/mol. The summed E-state index contributed by atoms with van der Waals surface area (Å²) in [6.45, 7) is 4.70. The smallest absolute Gasteiger partial charge is 0.223 e. The zero-order chi connectivity index (χ0) is 10.8. The largest absolute Gasteiger partial charge is 0.353 e. The highest BCUT2D eigenvalue weighted by Crippen LogP contribution is 2.35. The summed E-state index contributed by atoms with van der Waals surface area (Å²) >= 11 is 6.19. The van der Waals surface area contributed by atoms with Gasteiger partial charge >= 0.3 is 0 Å². The number of aryl methyl sites for hydroxylation is 2. The summed E-state index contributed by atoms with van der Waals surface area (Å²) < 4.78 is 0. The van der Waals surface area contributed by atoms with Crippen molar-refractivity contribution in [3.05, 3.63) is 17.5 Å². The van der Waals surface area contributed by atoms with Crippen molar-refractivity contribution in [1.82, 2.24) is 9.97 Å². The Morgan fingerprint density at radius 3 is 2.53 bits per heavy atom. The van der Waals surface area contributed by atoms with Crippen LogP contribution in [0.2, 0.25) is 0 Å². The van der Waals surface area contributed by atoms with E-state index in [1.165, 1.54) is 12.8 Å². The highest BCUT2D eigenvalue weighted by molar-refractivity contribution is 6.21. The lowest BCUT2D eigenvalue weighted by atomic mass is 10.3. The van der Waals surface area contributed by atoms with Gasteiger partial charge in [0.25, 0.3) is 0 Å². The molecule has 1 fully saturated rings. The first kappa shape index (κ1) is 10.7. The molecule has 82 valence electrons. The molecule has 1 N–H and O–H groups in total. The molecule has 0 spiro atoms. The van der Waals surface area contributed by atoms with Crippen molar-refractivity contribution in [1.29, 1.82) is 0 Å². The van der Waals surface area contributed by atoms with Crippen LogP contribution in [-0.2, 0) is 0 Å². The molecule has 1 atom stereocenters. The number of nitrogens with one attached hydrogen (secondary N) is 1. The Labute approximate surface area is 95.3 Å². The lowest BCUT2D eigenvalue weighted by Crippen LogP contribution is -2.17. The molecule has 15 heavy (non-hydrogen) atoms. The van der Waals surface area contributed by atoms with Crippen LogP contribution in [0.25, 0.3) is 0 Å². The van der Waals surface area contributed by atoms with Gasteiger partial charge in [-0.25, -0.2) is 9.97 Å². The van der Waals surface area contributed by atoms with Crippen molar-refractivity contribution in [3.63, 3.8) is 0 Å². The van der Waals surface area contributed by atoms with E-state index < -0.39 is 0 Å². The fourth-order valence-electron chi connectivity index (χ4n) is 1.62. The second-order valence-electron chi connectivity index (χ2n) is 4.21. The fraction of sp³-hybridized carbons (Fsp3) is 0.636. The second-order valence-corrected chi connectivity index (χ2v) is 4.77. The summed E-state index contributed by atoms with van der Waals surface area (Å²) in [7, 11) is 0. The zero-order valence-electron chi connectivity index (χ0n) is 9.13. The molecule has 1 saturated carbocycles. The van der Waals surface area contributed by atoms with Crippen molar-refractivity contribution < 1.29 is 0 Å². The molecule has 1 aliphatic carbocycles. The maximum absolute atomic E-state index is 6.19. The first-order chi connectivity index (χ1) is 7.15. The van der Waals surface area contributed by atoms with E-state index in [9.17, 15) is 0 Å². The Balaban J connectivity index is 1.91. The number of rotatable bonds is 4. The van der Waals surface area contributed by atoms with Crippen LogP contribution in [0.1, 0.15) is 24.2 Å². The average Bonchev–Trinajstić information content (AvgIpc) is 2.95. The maximum atomic E-state index is 6.19. The van der Waals surface area contributed by atoms with Gasteiger partial charge in [-0.15, -0.1) is 11.6 Å². The molecule has 4 heteroatoms. The number of alkyl halides is 1. The van der Waals surface area contributed by atoms with E-state index in [0.717, 1.165) is 17.9 Å². The molecule has 0 radical (unpaired) electrons. The third-order valence-corrected chi connectivity index (χ3v) is 3.08. The highest BCUT2D eigenvalue weighted by Gasteiger charge is 2.29. The van der Waals surface area contributed by atoms with E-state index in [0.29, 0.717) is 11.9 Å². The molecule has 0 amide bonds. The van der Waals surface area contributed by atoms with Crippen LogP contribution in [0.3, 0.4) is 0 Å². The van der Waals surface area contributed by atoms with Crippen molar-refractivity contribution in [3.8, 4) is 0 Å². The first-order valence-electron chi connectivity index (χ1n) is 5.35. The van der Waals surface area contributed by atoms with Crippen LogP contribution in [0, 0.1) is 19.8 Å². The minimum Gasteiger partial charge on any atom is -0.353 e. The Hall–Kier alpha value is -0.830. The molecule has 0 aliphatic heterocycles. The first-order valence-corrected chi connectivity index (χ1v) is 5.79. The Bertz CT molecular complexity index is 329. The van der Waals surface area contributed by atoms with Gasteiger partial charge in [0.2, 0.25) is 5.95 Å². The minimum atomic E-state index is 0.217. The number of hydrogen-bond donors (Lipinski definition) is 1. The third kappa shape index (κ3) is 3.06. The van der Waals surface area contributed by atoms with Crippen molar-refractivity contribution >= 4 is 17.5 Å². The van der Waals surface area contributed by atoms with Crippen LogP contribution < -0.4 is 5.32 Å². The van der Waals surface area contributed by atoms with Gasteiger partial charge in [-0.2, -0.15) is 0 Å². The molecule has 2 rings (SSSR count). The lowest BCUT2D eigenvalue weighted by molar-refractivity contribution is 0.764. The molecular weight excluding hydrogens is 210 g/mol. The van der Waals surface area contributed by atoms with E-state index in [2.05, 4.69) is 15.3 Å². The molecule has 3 nitrogen and oxygen atoms in total. The van der Waals surface area contributed by atoms with Gasteiger partial charge in [-0.1, -0.05) is 0 Å². The second kappa shape index (κ2) is 4.35. The SMILES string of the molecule is Cc1cc(C)nc(NCC(Cl)C2CC2)n1. The van der Waals surface area contributed by atoms with Crippen LogP contribution in [-0.4, -0.2) is 21.9 Å². The Kier molecular flexibility index (Phi) is 3.10. The molecule has 1 aromatic heterocycles. The predicted octanol–water partition coefficient (Wildman–Crippen LogP) is 2.52. The minimum absolute atomic E-state index is 0.217. The van der Waals surface area contributed by atoms with Gasteiger partial charge in [0, 0.05) is 17.9 Å². The Morgan fingerprint density at radius 2 is 2.00 bits per heavy atom. The summed E-state index contributed by atoms with van der Waals surface area (Å²) in [5.74, 6) is 1.39. The lowest BCUT2D eigenvalue weighted by Gasteiger charge is -2.10. The van der Waals surface area contributed by atoms with E-state index in [1.807, 2.05) is 19.9 Å². The molecular formula is C11H16ClN3. The van der Waals surface area contributed by atoms with Crippen LogP contribution in [0.15, 0.2) is 6.07 Å². The van der Waals surface area contributed by atoms with E-state index in [1.54, 1.807) is 0 Å². The van der Waals surface area contributed by atoms with E-state index in [-0.39, 0.29) is 5.38 Å². The van der Waals surface area contributed by atoms with E-state index in [4.69, 9.17) is 11.6 Å². The van der Waals surface area contributed by atoms with Crippen molar-refractivity contribution in [2.24, 2.45) is 5.92 Å².